The zero-order valence-electron chi connectivity index (χ0n) is 38.3. The molecule has 4 nitrogen and oxygen atoms in total. The number of para-hydroxylation sites is 2. The van der Waals surface area contributed by atoms with Crippen molar-refractivity contribution < 1.29 is 8.83 Å². The van der Waals surface area contributed by atoms with Gasteiger partial charge in [0.05, 0.1) is 26.1 Å². The number of fused-ring (bicyclic) bond motifs is 15. The predicted molar refractivity (Wildman–Crippen MR) is 307 cm³/mol. The Morgan fingerprint density at radius 3 is 1.93 bits per heavy atom. The molecule has 12 aromatic carbocycles. The van der Waals surface area contributed by atoms with Crippen LogP contribution >= 0.6 is 22.7 Å². The summed E-state index contributed by atoms with van der Waals surface area (Å²) in [5.41, 5.74) is 12.7. The standard InChI is InChI=1S/C66H36N2O2S2/c1-2-11-39-32-43(27-22-37(39)10-1)67(44-28-30-47-45-12-3-6-17-56(45)69-58(47)35-44)54-16-9-15-49-53-34-41-23-29-50-62-55(36-52-46-13-4-7-18-57(46)70-64(50)52)68(63(61(41)62)66(53)72-65(49)54)42-25-20-38(21-26-42)40-24-31-60-51(33-40)48-14-5-8-19-59(48)71-60/h1-36H. The van der Waals surface area contributed by atoms with Crippen LogP contribution in [0, 0.1) is 0 Å². The lowest BCUT2D eigenvalue weighted by Crippen LogP contribution is -2.10. The summed E-state index contributed by atoms with van der Waals surface area (Å²) in [6.07, 6.45) is 0. The molecule has 0 bridgehead atoms. The summed E-state index contributed by atoms with van der Waals surface area (Å²) in [7, 11) is 0. The van der Waals surface area contributed by atoms with Gasteiger partial charge in [-0.05, 0) is 118 Å². The number of benzene rings is 12. The summed E-state index contributed by atoms with van der Waals surface area (Å²) >= 11 is 3.75. The number of anilines is 3. The molecule has 6 heteroatoms. The van der Waals surface area contributed by atoms with E-state index in [2.05, 4.69) is 222 Å². The smallest absolute Gasteiger partial charge is 0.143 e. The molecule has 72 heavy (non-hydrogen) atoms. The summed E-state index contributed by atoms with van der Waals surface area (Å²) < 4.78 is 21.0. The van der Waals surface area contributed by atoms with E-state index in [0.717, 1.165) is 72.0 Å². The lowest BCUT2D eigenvalue weighted by molar-refractivity contribution is 0.669. The van der Waals surface area contributed by atoms with Crippen LogP contribution in [0.1, 0.15) is 0 Å². The normalized spacial score (nSPS) is 12.4. The lowest BCUT2D eigenvalue weighted by atomic mass is 9.98. The topological polar surface area (TPSA) is 34.5 Å². The van der Waals surface area contributed by atoms with E-state index >= 15 is 0 Å². The van der Waals surface area contributed by atoms with Crippen LogP contribution in [0.5, 0.6) is 0 Å². The summed E-state index contributed by atoms with van der Waals surface area (Å²) in [6, 6.07) is 80.0. The van der Waals surface area contributed by atoms with Gasteiger partial charge in [-0.2, -0.15) is 0 Å². The van der Waals surface area contributed by atoms with E-state index in [1.54, 1.807) is 0 Å². The zero-order valence-corrected chi connectivity index (χ0v) is 39.9. The van der Waals surface area contributed by atoms with Crippen LogP contribution in [-0.2, 0) is 0 Å². The van der Waals surface area contributed by atoms with Gasteiger partial charge in [-0.25, -0.2) is 0 Å². The summed E-state index contributed by atoms with van der Waals surface area (Å²) in [5, 5.41) is 16.8. The molecular formula is C66H36N2O2S2. The van der Waals surface area contributed by atoms with Crippen molar-refractivity contribution in [2.75, 3.05) is 4.90 Å². The predicted octanol–water partition coefficient (Wildman–Crippen LogP) is 20.2. The van der Waals surface area contributed by atoms with Crippen molar-refractivity contribution in [3.05, 3.63) is 218 Å². The van der Waals surface area contributed by atoms with Crippen LogP contribution in [0.25, 0.3) is 144 Å². The molecular weight excluding hydrogens is 917 g/mol. The highest BCUT2D eigenvalue weighted by Crippen LogP contribution is 2.52. The van der Waals surface area contributed by atoms with E-state index in [1.807, 2.05) is 28.7 Å². The highest BCUT2D eigenvalue weighted by molar-refractivity contribution is 7.27. The molecule has 0 aliphatic heterocycles. The number of nitrogens with zero attached hydrogens (tertiary/aromatic N) is 2. The van der Waals surface area contributed by atoms with Gasteiger partial charge in [-0.1, -0.05) is 121 Å². The van der Waals surface area contributed by atoms with Crippen molar-refractivity contribution in [1.82, 2.24) is 4.57 Å². The maximum absolute atomic E-state index is 6.75. The monoisotopic (exact) mass is 952 g/mol. The van der Waals surface area contributed by atoms with Gasteiger partial charge in [0.2, 0.25) is 0 Å². The molecule has 0 saturated carbocycles. The molecule has 0 atom stereocenters. The minimum Gasteiger partial charge on any atom is -0.456 e. The highest BCUT2D eigenvalue weighted by atomic mass is 32.1. The van der Waals surface area contributed by atoms with Crippen LogP contribution in [0.4, 0.5) is 17.1 Å². The minimum atomic E-state index is 0.866. The molecule has 334 valence electrons. The fourth-order valence-electron chi connectivity index (χ4n) is 12.0. The average Bonchev–Trinajstić information content (AvgIpc) is 4.26. The van der Waals surface area contributed by atoms with Gasteiger partial charge in [-0.15, -0.1) is 22.7 Å². The first kappa shape index (κ1) is 38.9. The van der Waals surface area contributed by atoms with Crippen LogP contribution in [0.2, 0.25) is 0 Å². The maximum Gasteiger partial charge on any atom is 0.143 e. The summed E-state index contributed by atoms with van der Waals surface area (Å²) in [6.45, 7) is 0. The van der Waals surface area contributed by atoms with Crippen molar-refractivity contribution in [3.63, 3.8) is 0 Å². The van der Waals surface area contributed by atoms with Crippen LogP contribution in [-0.4, -0.2) is 4.57 Å². The molecule has 5 heterocycles. The van der Waals surface area contributed by atoms with Gasteiger partial charge in [0.15, 0.2) is 0 Å². The molecule has 0 aliphatic carbocycles. The average molecular weight is 953 g/mol. The molecule has 0 radical (unpaired) electrons. The molecule has 17 rings (SSSR count). The highest BCUT2D eigenvalue weighted by Gasteiger charge is 2.27. The number of hydrogen-bond donors (Lipinski definition) is 0. The number of thiophene rings is 2. The molecule has 0 N–H and O–H groups in total. The summed E-state index contributed by atoms with van der Waals surface area (Å²) in [5.74, 6) is 0. The Labute approximate surface area is 418 Å². The third-order valence-corrected chi connectivity index (χ3v) is 17.7. The molecule has 0 spiro atoms. The second-order valence-corrected chi connectivity index (χ2v) is 21.3. The second kappa shape index (κ2) is 14.3. The number of rotatable bonds is 5. The van der Waals surface area contributed by atoms with E-state index in [9.17, 15) is 0 Å². The van der Waals surface area contributed by atoms with Crippen molar-refractivity contribution in [2.45, 2.75) is 0 Å². The van der Waals surface area contributed by atoms with Gasteiger partial charge in [-0.3, -0.25) is 0 Å². The maximum atomic E-state index is 6.75. The summed E-state index contributed by atoms with van der Waals surface area (Å²) in [4.78, 5) is 2.43. The number of furan rings is 2. The Balaban J connectivity index is 0.935. The van der Waals surface area contributed by atoms with E-state index in [0.29, 0.717) is 0 Å². The van der Waals surface area contributed by atoms with Gasteiger partial charge in [0, 0.05) is 91.8 Å². The quantitative estimate of drug-likeness (QED) is 0.161. The molecule has 0 fully saturated rings. The van der Waals surface area contributed by atoms with Crippen LogP contribution < -0.4 is 4.90 Å². The van der Waals surface area contributed by atoms with Gasteiger partial charge >= 0.3 is 0 Å². The van der Waals surface area contributed by atoms with E-state index < -0.39 is 0 Å². The van der Waals surface area contributed by atoms with Crippen LogP contribution in [0.3, 0.4) is 0 Å². The van der Waals surface area contributed by atoms with Gasteiger partial charge < -0.3 is 18.3 Å². The van der Waals surface area contributed by atoms with E-state index in [4.69, 9.17) is 8.83 Å². The number of aromatic nitrogens is 1. The van der Waals surface area contributed by atoms with E-state index in [-0.39, 0.29) is 0 Å². The Kier molecular flexibility index (Phi) is 7.73. The lowest BCUT2D eigenvalue weighted by Gasteiger charge is -2.26. The molecule has 17 aromatic rings. The second-order valence-electron chi connectivity index (χ2n) is 19.2. The van der Waals surface area contributed by atoms with Gasteiger partial charge in [0.25, 0.3) is 0 Å². The Morgan fingerprint density at radius 1 is 0.361 bits per heavy atom. The van der Waals surface area contributed by atoms with Crippen molar-refractivity contribution in [3.8, 4) is 16.8 Å². The first-order valence-corrected chi connectivity index (χ1v) is 26.0. The van der Waals surface area contributed by atoms with Crippen molar-refractivity contribution in [2.24, 2.45) is 0 Å². The van der Waals surface area contributed by atoms with Crippen molar-refractivity contribution in [1.29, 1.82) is 0 Å². The minimum absolute atomic E-state index is 0.866. The first-order chi connectivity index (χ1) is 35.7. The zero-order chi connectivity index (χ0) is 46.8. The molecule has 0 amide bonds. The fraction of sp³-hybridized carbons (Fsp3) is 0. The molecule has 0 saturated heterocycles. The van der Waals surface area contributed by atoms with E-state index in [1.165, 1.54) is 89.4 Å². The molecule has 0 aliphatic rings. The van der Waals surface area contributed by atoms with Gasteiger partial charge in [0.1, 0.15) is 22.3 Å². The molecule has 5 aromatic heterocycles. The first-order valence-electron chi connectivity index (χ1n) is 24.4. The van der Waals surface area contributed by atoms with Crippen LogP contribution in [0.15, 0.2) is 227 Å². The Morgan fingerprint density at radius 2 is 1.04 bits per heavy atom. The Hall–Kier alpha value is -8.94. The number of hydrogen-bond acceptors (Lipinski definition) is 5. The fourth-order valence-corrected chi connectivity index (χ4v) is 14.4. The third kappa shape index (κ3) is 5.34. The largest absolute Gasteiger partial charge is 0.456 e. The third-order valence-electron chi connectivity index (χ3n) is 15.3. The Bertz CT molecular complexity index is 5120. The molecule has 0 unspecified atom stereocenters. The van der Waals surface area contributed by atoms with Crippen molar-refractivity contribution >= 4 is 167 Å². The SMILES string of the molecule is c1ccc2cc(N(c3ccc4c(c3)oc3ccccc34)c3cccc4c3sc3c4cc4ccc5c6oc7ccccc7c6cc6c5c4c3n6-c3ccc(-c4ccc5sc6ccccc6c5c4)cc3)ccc2c1.